The molecule has 1 aliphatic heterocycles. The molecule has 0 unspecified atom stereocenters. The van der Waals surface area contributed by atoms with Gasteiger partial charge in [-0.05, 0) is 50.7 Å². The van der Waals surface area contributed by atoms with Gasteiger partial charge in [0.1, 0.15) is 17.9 Å². The second kappa shape index (κ2) is 12.7. The lowest BCUT2D eigenvalue weighted by molar-refractivity contribution is -0.111. The highest BCUT2D eigenvalue weighted by atomic mass is 35.5. The zero-order chi connectivity index (χ0) is 29.7. The van der Waals surface area contributed by atoms with Gasteiger partial charge >= 0.3 is 0 Å². The maximum Gasteiger partial charge on any atom is 0.256 e. The Hall–Kier alpha value is -3.92. The van der Waals surface area contributed by atoms with Crippen molar-refractivity contribution in [3.05, 3.63) is 65.8 Å². The number of hydrogen-bond donors (Lipinski definition) is 3. The lowest BCUT2D eigenvalue weighted by atomic mass is 10.1. The van der Waals surface area contributed by atoms with Crippen molar-refractivity contribution in [1.29, 1.82) is 0 Å². The summed E-state index contributed by atoms with van der Waals surface area (Å²) >= 11 is 6.40. The molecule has 0 saturated carbocycles. The van der Waals surface area contributed by atoms with Crippen LogP contribution in [-0.4, -0.2) is 85.2 Å². The van der Waals surface area contributed by atoms with E-state index in [0.717, 1.165) is 19.2 Å². The Morgan fingerprint density at radius 1 is 1.07 bits per heavy atom. The molecule has 2 amide bonds. The molecule has 41 heavy (non-hydrogen) atoms. The number of amides is 2. The number of nitrogens with zero attached hydrogens (tertiary/aromatic N) is 4. The van der Waals surface area contributed by atoms with Gasteiger partial charge in [0, 0.05) is 31.5 Å². The van der Waals surface area contributed by atoms with Gasteiger partial charge in [0.25, 0.3) is 5.91 Å². The number of halogens is 1. The van der Waals surface area contributed by atoms with Crippen LogP contribution in [0.1, 0.15) is 10.4 Å². The number of aromatic nitrogens is 2. The van der Waals surface area contributed by atoms with Gasteiger partial charge in [-0.15, -0.1) is 0 Å². The van der Waals surface area contributed by atoms with E-state index in [1.165, 1.54) is 13.3 Å². The summed E-state index contributed by atoms with van der Waals surface area (Å²) in [7, 11) is 0.897. The molecule has 2 heterocycles. The summed E-state index contributed by atoms with van der Waals surface area (Å²) in [6, 6.07) is 10.4. The minimum atomic E-state index is -2.59. The molecule has 3 N–H and O–H groups in total. The third-order valence-corrected chi connectivity index (χ3v) is 8.36. The van der Waals surface area contributed by atoms with Crippen molar-refractivity contribution in [2.45, 2.75) is 0 Å². The van der Waals surface area contributed by atoms with Crippen LogP contribution in [0.25, 0.3) is 0 Å². The minimum Gasteiger partial charge on any atom is -0.495 e. The lowest BCUT2D eigenvalue weighted by Gasteiger charge is -2.33. The third kappa shape index (κ3) is 7.24. The molecule has 0 aliphatic carbocycles. The molecular formula is C28H33ClN7O4P. The molecule has 3 aromatic rings. The molecule has 1 aliphatic rings. The number of carbonyl (C=O) groups excluding carboxylic acids is 2. The number of piperazine rings is 1. The summed E-state index contributed by atoms with van der Waals surface area (Å²) in [6.45, 7) is 9.53. The second-order valence-corrected chi connectivity index (χ2v) is 13.5. The van der Waals surface area contributed by atoms with E-state index in [2.05, 4.69) is 37.4 Å². The molecule has 1 saturated heterocycles. The van der Waals surface area contributed by atoms with Crippen molar-refractivity contribution in [3.8, 4) is 5.75 Å². The number of ether oxygens (including phenoxy) is 1. The summed E-state index contributed by atoms with van der Waals surface area (Å²) < 4.78 is 18.4. The van der Waals surface area contributed by atoms with E-state index in [1.54, 1.807) is 42.5 Å². The zero-order valence-electron chi connectivity index (χ0n) is 23.4. The fourth-order valence-corrected chi connectivity index (χ4v) is 5.60. The van der Waals surface area contributed by atoms with Crippen molar-refractivity contribution < 1.29 is 18.9 Å². The highest BCUT2D eigenvalue weighted by molar-refractivity contribution is 7.70. The quantitative estimate of drug-likeness (QED) is 0.243. The summed E-state index contributed by atoms with van der Waals surface area (Å²) in [6.07, 6.45) is 2.56. The van der Waals surface area contributed by atoms with Crippen LogP contribution >= 0.6 is 18.7 Å². The van der Waals surface area contributed by atoms with Crippen molar-refractivity contribution in [1.82, 2.24) is 19.8 Å². The minimum absolute atomic E-state index is 0.169. The zero-order valence-corrected chi connectivity index (χ0v) is 25.1. The number of para-hydroxylation sites is 1. The van der Waals surface area contributed by atoms with Crippen LogP contribution < -0.4 is 26.0 Å². The number of carbonyl (C=O) groups is 2. The average Bonchev–Trinajstić information content (AvgIpc) is 2.94. The normalized spacial score (nSPS) is 13.8. The Morgan fingerprint density at radius 2 is 1.78 bits per heavy atom. The van der Waals surface area contributed by atoms with Gasteiger partial charge in [-0.1, -0.05) is 30.3 Å². The monoisotopic (exact) mass is 597 g/mol. The van der Waals surface area contributed by atoms with E-state index in [-0.39, 0.29) is 28.1 Å². The van der Waals surface area contributed by atoms with E-state index < -0.39 is 13.0 Å². The first-order valence-electron chi connectivity index (χ1n) is 12.8. The second-order valence-electron chi connectivity index (χ2n) is 9.90. The molecular weight excluding hydrogens is 565 g/mol. The van der Waals surface area contributed by atoms with Crippen LogP contribution in [0, 0.1) is 0 Å². The smallest absolute Gasteiger partial charge is 0.256 e. The van der Waals surface area contributed by atoms with Gasteiger partial charge in [0.15, 0.2) is 5.82 Å². The maximum absolute atomic E-state index is 13.5. The maximum atomic E-state index is 13.5. The van der Waals surface area contributed by atoms with Crippen LogP contribution in [0.3, 0.4) is 0 Å². The van der Waals surface area contributed by atoms with Gasteiger partial charge in [-0.2, -0.15) is 4.98 Å². The van der Waals surface area contributed by atoms with Crippen molar-refractivity contribution in [2.75, 3.05) is 69.6 Å². The van der Waals surface area contributed by atoms with Crippen LogP contribution in [0.15, 0.2) is 55.3 Å². The Bertz CT molecular complexity index is 1520. The number of anilines is 5. The first-order chi connectivity index (χ1) is 19.5. The number of rotatable bonds is 9. The van der Waals surface area contributed by atoms with Crippen LogP contribution in [0.2, 0.25) is 5.02 Å². The molecule has 0 bridgehead atoms. The van der Waals surface area contributed by atoms with Crippen LogP contribution in [-0.2, 0) is 9.36 Å². The topological polar surface area (TPSA) is 129 Å². The van der Waals surface area contributed by atoms with Crippen LogP contribution in [0.5, 0.6) is 5.75 Å². The third-order valence-electron chi connectivity index (χ3n) is 6.53. The summed E-state index contributed by atoms with van der Waals surface area (Å²) in [5.74, 6) is 0.120. The number of benzene rings is 2. The highest BCUT2D eigenvalue weighted by Gasteiger charge is 2.25. The molecule has 4 rings (SSSR count). The van der Waals surface area contributed by atoms with Gasteiger partial charge in [0.05, 0.1) is 35.9 Å². The van der Waals surface area contributed by atoms with E-state index >= 15 is 0 Å². The fourth-order valence-electron chi connectivity index (χ4n) is 4.30. The summed E-state index contributed by atoms with van der Waals surface area (Å²) in [4.78, 5) is 38.4. The van der Waals surface area contributed by atoms with Gasteiger partial charge < -0.3 is 35.1 Å². The first kappa shape index (κ1) is 30.0. The number of methoxy groups -OCH3 is 1. The van der Waals surface area contributed by atoms with Crippen LogP contribution in [0.4, 0.5) is 28.8 Å². The Labute approximate surface area is 244 Å². The molecule has 0 radical (unpaired) electrons. The van der Waals surface area contributed by atoms with Crippen molar-refractivity contribution in [2.24, 2.45) is 0 Å². The van der Waals surface area contributed by atoms with E-state index in [1.807, 2.05) is 19.2 Å². The molecule has 13 heteroatoms. The standard InChI is InChI=1S/C28H33ClN7O4P/c1-6-25(37)31-21-16-22(23(40-3)15-18(21)27(38)36-13-11-35(2)12-14-36)33-28-30-17-19(29)26(34-28)32-20-9-7-8-10-24(20)41(4,5)39/h6-10,15-17H,1,11-14H2,2-5H3,(H,31,37)(H2,30,32,33,34). The number of nitrogens with one attached hydrogen (secondary N) is 3. The Kier molecular flexibility index (Phi) is 9.32. The molecule has 11 nitrogen and oxygen atoms in total. The molecule has 216 valence electrons. The molecule has 2 aromatic carbocycles. The fraction of sp³-hybridized carbons (Fsp3) is 0.286. The molecule has 1 fully saturated rings. The predicted octanol–water partition coefficient (Wildman–Crippen LogP) is 4.39. The summed E-state index contributed by atoms with van der Waals surface area (Å²) in [5.41, 5.74) is 1.59. The van der Waals surface area contributed by atoms with E-state index in [4.69, 9.17) is 16.3 Å². The average molecular weight is 598 g/mol. The van der Waals surface area contributed by atoms with Gasteiger partial charge in [0.2, 0.25) is 11.9 Å². The first-order valence-corrected chi connectivity index (χ1v) is 15.8. The lowest BCUT2D eigenvalue weighted by Crippen LogP contribution is -2.47. The molecule has 0 spiro atoms. The van der Waals surface area contributed by atoms with E-state index in [9.17, 15) is 14.2 Å². The van der Waals surface area contributed by atoms with Gasteiger partial charge in [-0.3, -0.25) is 9.59 Å². The Balaban J connectivity index is 1.68. The van der Waals surface area contributed by atoms with E-state index in [0.29, 0.717) is 41.3 Å². The van der Waals surface area contributed by atoms with Crippen molar-refractivity contribution in [3.63, 3.8) is 0 Å². The van der Waals surface area contributed by atoms with Gasteiger partial charge in [-0.25, -0.2) is 4.98 Å². The summed E-state index contributed by atoms with van der Waals surface area (Å²) in [5, 5.41) is 9.90. The number of likely N-dealkylation sites (N-methyl/N-ethyl adjacent to an activating group) is 1. The predicted molar refractivity (Wildman–Crippen MR) is 164 cm³/mol. The van der Waals surface area contributed by atoms with Crippen molar-refractivity contribution >= 4 is 64.7 Å². The SMILES string of the molecule is C=CC(=O)Nc1cc(Nc2ncc(Cl)c(Nc3ccccc3P(C)(C)=O)n2)c(OC)cc1C(=O)N1CCN(C)CC1. The number of hydrogen-bond acceptors (Lipinski definition) is 9. The molecule has 1 aromatic heterocycles. The largest absolute Gasteiger partial charge is 0.495 e. The highest BCUT2D eigenvalue weighted by Crippen LogP contribution is 2.39. The molecule has 0 atom stereocenters. The Morgan fingerprint density at radius 3 is 2.44 bits per heavy atom.